The topological polar surface area (TPSA) is 50.2 Å². The molecule has 0 aliphatic rings. The van der Waals surface area contributed by atoms with Gasteiger partial charge in [-0.1, -0.05) is 24.3 Å². The highest BCUT2D eigenvalue weighted by molar-refractivity contribution is 5.94. The Morgan fingerprint density at radius 2 is 1.63 bits per heavy atom. The first kappa shape index (κ1) is 18.9. The Labute approximate surface area is 160 Å². The van der Waals surface area contributed by atoms with Crippen molar-refractivity contribution in [1.29, 1.82) is 0 Å². The van der Waals surface area contributed by atoms with Gasteiger partial charge in [0.1, 0.15) is 0 Å². The number of nitrogens with one attached hydrogen (secondary N) is 1. The summed E-state index contributed by atoms with van der Waals surface area (Å²) in [6, 6.07) is 17.9. The van der Waals surface area contributed by atoms with Crippen LogP contribution < -0.4 is 5.32 Å². The number of aromatic nitrogens is 2. The predicted octanol–water partition coefficient (Wildman–Crippen LogP) is 3.48. The van der Waals surface area contributed by atoms with E-state index in [1.54, 1.807) is 0 Å². The van der Waals surface area contributed by atoms with Gasteiger partial charge >= 0.3 is 0 Å². The molecule has 0 radical (unpaired) electrons. The maximum atomic E-state index is 12.4. The molecule has 0 fully saturated rings. The molecule has 1 heterocycles. The zero-order valence-corrected chi connectivity index (χ0v) is 16.4. The summed E-state index contributed by atoms with van der Waals surface area (Å²) in [4.78, 5) is 14.5. The van der Waals surface area contributed by atoms with Crippen molar-refractivity contribution in [3.8, 4) is 5.69 Å². The van der Waals surface area contributed by atoms with Crippen molar-refractivity contribution < 1.29 is 4.79 Å². The van der Waals surface area contributed by atoms with E-state index in [1.807, 2.05) is 63.0 Å². The number of hydrogen-bond donors (Lipinski definition) is 1. The number of carbonyl (C=O) groups excluding carboxylic acids is 1. The number of aryl methyl sites for hydroxylation is 2. The first-order valence-electron chi connectivity index (χ1n) is 9.07. The summed E-state index contributed by atoms with van der Waals surface area (Å²) in [6.45, 7) is 5.41. The Morgan fingerprint density at radius 1 is 1.00 bits per heavy atom. The predicted molar refractivity (Wildman–Crippen MR) is 108 cm³/mol. The lowest BCUT2D eigenvalue weighted by Gasteiger charge is -2.11. The highest BCUT2D eigenvalue weighted by Crippen LogP contribution is 2.13. The van der Waals surface area contributed by atoms with Crippen LogP contribution in [0.4, 0.5) is 0 Å². The molecule has 0 saturated carbocycles. The fourth-order valence-electron chi connectivity index (χ4n) is 3.06. The number of amides is 1. The van der Waals surface area contributed by atoms with E-state index in [2.05, 4.69) is 39.6 Å². The summed E-state index contributed by atoms with van der Waals surface area (Å²) in [6.07, 6.45) is 0. The lowest BCUT2D eigenvalue weighted by atomic mass is 10.1. The van der Waals surface area contributed by atoms with E-state index in [-0.39, 0.29) is 5.91 Å². The van der Waals surface area contributed by atoms with Crippen LogP contribution in [-0.4, -0.2) is 34.7 Å². The highest BCUT2D eigenvalue weighted by atomic mass is 16.1. The SMILES string of the molecule is Cc1cc(C)n(-c2ccc(C(=O)NCc3ccc(CN(C)C)cc3)cc2)n1. The van der Waals surface area contributed by atoms with Gasteiger partial charge in [-0.3, -0.25) is 4.79 Å². The smallest absolute Gasteiger partial charge is 0.251 e. The fourth-order valence-corrected chi connectivity index (χ4v) is 3.06. The van der Waals surface area contributed by atoms with Crippen LogP contribution >= 0.6 is 0 Å². The molecule has 1 amide bonds. The second-order valence-electron chi connectivity index (χ2n) is 7.12. The van der Waals surface area contributed by atoms with Crippen molar-refractivity contribution in [2.24, 2.45) is 0 Å². The first-order chi connectivity index (χ1) is 12.9. The average Bonchev–Trinajstić information content (AvgIpc) is 2.99. The van der Waals surface area contributed by atoms with Gasteiger partial charge in [-0.25, -0.2) is 4.68 Å². The molecule has 0 aliphatic carbocycles. The third kappa shape index (κ3) is 4.83. The Morgan fingerprint density at radius 3 is 2.19 bits per heavy atom. The van der Waals surface area contributed by atoms with Gasteiger partial charge < -0.3 is 10.2 Å². The maximum absolute atomic E-state index is 12.4. The molecule has 0 spiro atoms. The number of benzene rings is 2. The maximum Gasteiger partial charge on any atom is 0.251 e. The molecule has 0 aliphatic heterocycles. The quantitative estimate of drug-likeness (QED) is 0.730. The number of hydrogen-bond acceptors (Lipinski definition) is 3. The lowest BCUT2D eigenvalue weighted by molar-refractivity contribution is 0.0951. The molecule has 0 unspecified atom stereocenters. The van der Waals surface area contributed by atoms with Crippen molar-refractivity contribution >= 4 is 5.91 Å². The highest BCUT2D eigenvalue weighted by Gasteiger charge is 2.08. The normalized spacial score (nSPS) is 11.0. The number of nitrogens with zero attached hydrogens (tertiary/aromatic N) is 3. The van der Waals surface area contributed by atoms with Crippen molar-refractivity contribution in [3.05, 3.63) is 82.7 Å². The lowest BCUT2D eigenvalue weighted by Crippen LogP contribution is -2.22. The molecule has 0 bridgehead atoms. The summed E-state index contributed by atoms with van der Waals surface area (Å²) >= 11 is 0. The van der Waals surface area contributed by atoms with Gasteiger partial charge in [0.15, 0.2) is 0 Å². The average molecular weight is 362 g/mol. The molecule has 3 rings (SSSR count). The van der Waals surface area contributed by atoms with Crippen LogP contribution in [0.15, 0.2) is 54.6 Å². The van der Waals surface area contributed by atoms with Crippen LogP contribution in [0.2, 0.25) is 0 Å². The van der Waals surface area contributed by atoms with Crippen LogP contribution in [0, 0.1) is 13.8 Å². The van der Waals surface area contributed by atoms with Crippen molar-refractivity contribution in [3.63, 3.8) is 0 Å². The molecule has 1 N–H and O–H groups in total. The Kier molecular flexibility index (Phi) is 5.72. The van der Waals surface area contributed by atoms with Crippen LogP contribution in [0.1, 0.15) is 32.9 Å². The minimum absolute atomic E-state index is 0.0766. The third-order valence-corrected chi connectivity index (χ3v) is 4.36. The van der Waals surface area contributed by atoms with Crippen LogP contribution in [0.25, 0.3) is 5.69 Å². The molecule has 27 heavy (non-hydrogen) atoms. The summed E-state index contributed by atoms with van der Waals surface area (Å²) in [5, 5.41) is 7.45. The largest absolute Gasteiger partial charge is 0.348 e. The molecule has 0 saturated heterocycles. The minimum atomic E-state index is -0.0766. The first-order valence-corrected chi connectivity index (χ1v) is 9.07. The van der Waals surface area contributed by atoms with Gasteiger partial charge in [0.2, 0.25) is 0 Å². The van der Waals surface area contributed by atoms with Gasteiger partial charge in [-0.05, 0) is 69.4 Å². The van der Waals surface area contributed by atoms with Crippen LogP contribution in [0.3, 0.4) is 0 Å². The molecule has 2 aromatic carbocycles. The van der Waals surface area contributed by atoms with Gasteiger partial charge in [0.05, 0.1) is 11.4 Å². The van der Waals surface area contributed by atoms with E-state index in [4.69, 9.17) is 0 Å². The van der Waals surface area contributed by atoms with E-state index in [0.29, 0.717) is 12.1 Å². The molecule has 140 valence electrons. The number of carbonyl (C=O) groups is 1. The molecule has 3 aromatic rings. The second-order valence-corrected chi connectivity index (χ2v) is 7.12. The zero-order valence-electron chi connectivity index (χ0n) is 16.4. The minimum Gasteiger partial charge on any atom is -0.348 e. The van der Waals surface area contributed by atoms with E-state index in [1.165, 1.54) is 5.56 Å². The van der Waals surface area contributed by atoms with Crippen molar-refractivity contribution in [1.82, 2.24) is 20.0 Å². The van der Waals surface area contributed by atoms with E-state index >= 15 is 0 Å². The van der Waals surface area contributed by atoms with E-state index < -0.39 is 0 Å². The Bertz CT molecular complexity index is 908. The van der Waals surface area contributed by atoms with Gasteiger partial charge in [-0.2, -0.15) is 5.10 Å². The van der Waals surface area contributed by atoms with Gasteiger partial charge in [0, 0.05) is 24.3 Å². The number of rotatable bonds is 6. The second kappa shape index (κ2) is 8.18. The third-order valence-electron chi connectivity index (χ3n) is 4.36. The summed E-state index contributed by atoms with van der Waals surface area (Å²) < 4.78 is 1.88. The van der Waals surface area contributed by atoms with Crippen LogP contribution in [-0.2, 0) is 13.1 Å². The molecular formula is C22H26N4O. The summed E-state index contributed by atoms with van der Waals surface area (Å²) in [5.74, 6) is -0.0766. The van der Waals surface area contributed by atoms with Gasteiger partial charge in [-0.15, -0.1) is 0 Å². The van der Waals surface area contributed by atoms with Crippen LogP contribution in [0.5, 0.6) is 0 Å². The standard InChI is InChI=1S/C22H26N4O/c1-16-13-17(2)26(24-16)21-11-9-20(10-12-21)22(27)23-14-18-5-7-19(8-6-18)15-25(3)4/h5-13H,14-15H2,1-4H3,(H,23,27). The summed E-state index contributed by atoms with van der Waals surface area (Å²) in [5.41, 5.74) is 5.99. The zero-order chi connectivity index (χ0) is 19.4. The Balaban J connectivity index is 1.60. The molecule has 5 heteroatoms. The van der Waals surface area contributed by atoms with E-state index in [9.17, 15) is 4.79 Å². The van der Waals surface area contributed by atoms with Crippen molar-refractivity contribution in [2.75, 3.05) is 14.1 Å². The molecule has 5 nitrogen and oxygen atoms in total. The monoisotopic (exact) mass is 362 g/mol. The molecule has 0 atom stereocenters. The van der Waals surface area contributed by atoms with Gasteiger partial charge in [0.25, 0.3) is 5.91 Å². The molecule has 1 aromatic heterocycles. The molecular weight excluding hydrogens is 336 g/mol. The summed E-state index contributed by atoms with van der Waals surface area (Å²) in [7, 11) is 4.10. The fraction of sp³-hybridized carbons (Fsp3) is 0.273. The Hall–Kier alpha value is -2.92. The van der Waals surface area contributed by atoms with Crippen molar-refractivity contribution in [2.45, 2.75) is 26.9 Å². The van der Waals surface area contributed by atoms with E-state index in [0.717, 1.165) is 29.2 Å².